The van der Waals surface area contributed by atoms with Gasteiger partial charge in [0, 0.05) is 24.4 Å². The third-order valence-corrected chi connectivity index (χ3v) is 11.7. The number of fused-ring (bicyclic) bond motifs is 1. The predicted molar refractivity (Wildman–Crippen MR) is 255 cm³/mol. The number of rotatable bonds is 8. The molecule has 0 spiro atoms. The van der Waals surface area contributed by atoms with E-state index >= 15 is 0 Å². The molecular formula is C57H51N3O. The molecule has 4 nitrogen and oxygen atoms in total. The second kappa shape index (κ2) is 15.9. The number of phenols is 1. The van der Waals surface area contributed by atoms with Gasteiger partial charge in [0.15, 0.2) is 0 Å². The fourth-order valence-corrected chi connectivity index (χ4v) is 8.37. The molecule has 0 radical (unpaired) electrons. The summed E-state index contributed by atoms with van der Waals surface area (Å²) in [5, 5.41) is 11.8. The molecule has 0 aliphatic heterocycles. The number of hydrogen-bond acceptors (Lipinski definition) is 3. The van der Waals surface area contributed by atoms with Gasteiger partial charge in [0.25, 0.3) is 0 Å². The monoisotopic (exact) mass is 794 g/mol. The predicted octanol–water partition coefficient (Wildman–Crippen LogP) is 15.2. The number of para-hydroxylation sites is 1. The van der Waals surface area contributed by atoms with Gasteiger partial charge >= 0.3 is 0 Å². The van der Waals surface area contributed by atoms with Gasteiger partial charge < -0.3 is 5.11 Å². The van der Waals surface area contributed by atoms with Crippen LogP contribution in [0.3, 0.4) is 0 Å². The number of aromatic nitrogens is 3. The fourth-order valence-electron chi connectivity index (χ4n) is 8.37. The summed E-state index contributed by atoms with van der Waals surface area (Å²) in [7, 11) is 0. The molecule has 2 aromatic heterocycles. The van der Waals surface area contributed by atoms with Crippen LogP contribution in [-0.4, -0.2) is 19.6 Å². The van der Waals surface area contributed by atoms with E-state index in [4.69, 9.17) is 11.3 Å². The number of aryl methyl sites for hydroxylation is 2. The highest BCUT2D eigenvalue weighted by Crippen LogP contribution is 2.42. The highest BCUT2D eigenvalue weighted by Gasteiger charge is 2.24. The molecule has 0 bridgehead atoms. The SMILES string of the molecule is [2H]C(C)(C)c1ccc(-c2ccnc(-c3cc(-c4ccccc4)cc(-c4cccc5c4nc(-c4cc(C)cc(C)c4O)n5-c4cc(-c5ccccc5)cc(C(C)(C)C)c4)c3)c2)cc1. The quantitative estimate of drug-likeness (QED) is 0.167. The molecule has 0 aliphatic carbocycles. The van der Waals surface area contributed by atoms with Crippen molar-refractivity contribution in [3.05, 3.63) is 192 Å². The van der Waals surface area contributed by atoms with Crippen LogP contribution in [0.2, 0.25) is 0 Å². The number of pyridine rings is 1. The number of hydrogen-bond donors (Lipinski definition) is 1. The number of imidazole rings is 1. The van der Waals surface area contributed by atoms with Crippen LogP contribution in [0.4, 0.5) is 0 Å². The second-order valence-electron chi connectivity index (χ2n) is 17.5. The molecule has 0 saturated heterocycles. The van der Waals surface area contributed by atoms with Crippen molar-refractivity contribution >= 4 is 11.0 Å². The lowest BCUT2D eigenvalue weighted by Gasteiger charge is -2.23. The van der Waals surface area contributed by atoms with E-state index in [1.807, 2.05) is 63.4 Å². The second-order valence-corrected chi connectivity index (χ2v) is 17.5. The van der Waals surface area contributed by atoms with Crippen LogP contribution >= 0.6 is 0 Å². The normalized spacial score (nSPS) is 12.1. The number of nitrogens with zero attached hydrogens (tertiary/aromatic N) is 3. The van der Waals surface area contributed by atoms with E-state index in [1.54, 1.807) is 0 Å². The Hall–Kier alpha value is -7.04. The molecule has 0 amide bonds. The number of aromatic hydroxyl groups is 1. The standard InChI is InChI=1S/C57H51N3O/c1-36(2)39-21-23-42(24-22-39)43-25-26-58-52(34-43)47-30-44(40-15-10-8-11-16-40)29-46(31-47)50-19-14-20-53-54(50)59-56(51-28-37(3)27-38(4)55(51)61)60(53)49-33-45(41-17-12-9-13-18-41)32-48(35-49)57(5,6)7/h8-36,61H,1-7H3/i36D. The maximum atomic E-state index is 11.8. The summed E-state index contributed by atoms with van der Waals surface area (Å²) >= 11 is 0. The van der Waals surface area contributed by atoms with Gasteiger partial charge in [-0.1, -0.05) is 144 Å². The van der Waals surface area contributed by atoms with E-state index in [0.29, 0.717) is 11.4 Å². The smallest absolute Gasteiger partial charge is 0.149 e. The first-order valence-electron chi connectivity index (χ1n) is 21.5. The average molecular weight is 795 g/mol. The van der Waals surface area contributed by atoms with Crippen LogP contribution in [0.5, 0.6) is 5.75 Å². The van der Waals surface area contributed by atoms with Crippen LogP contribution in [0.25, 0.3) is 83.9 Å². The van der Waals surface area contributed by atoms with Crippen LogP contribution < -0.4 is 0 Å². The third kappa shape index (κ3) is 7.78. The van der Waals surface area contributed by atoms with E-state index in [2.05, 4.69) is 160 Å². The largest absolute Gasteiger partial charge is 0.507 e. The van der Waals surface area contributed by atoms with Crippen molar-refractivity contribution in [2.45, 2.75) is 59.8 Å². The Morgan fingerprint density at radius 1 is 0.574 bits per heavy atom. The maximum Gasteiger partial charge on any atom is 0.149 e. The minimum atomic E-state index is -0.670. The lowest BCUT2D eigenvalue weighted by atomic mass is 9.85. The summed E-state index contributed by atoms with van der Waals surface area (Å²) in [6.07, 6.45) is 1.88. The van der Waals surface area contributed by atoms with Crippen molar-refractivity contribution < 1.29 is 6.48 Å². The van der Waals surface area contributed by atoms with E-state index in [1.165, 1.54) is 5.56 Å². The van der Waals surface area contributed by atoms with Gasteiger partial charge in [-0.05, 0) is 141 Å². The van der Waals surface area contributed by atoms with Crippen molar-refractivity contribution in [3.63, 3.8) is 0 Å². The number of benzene rings is 7. The van der Waals surface area contributed by atoms with E-state index in [0.717, 1.165) is 89.2 Å². The molecule has 9 rings (SSSR count). The summed E-state index contributed by atoms with van der Waals surface area (Å²) < 4.78 is 10.7. The summed E-state index contributed by atoms with van der Waals surface area (Å²) in [5.41, 5.74) is 17.7. The van der Waals surface area contributed by atoms with Crippen LogP contribution in [-0.2, 0) is 5.41 Å². The Bertz CT molecular complexity index is 3100. The van der Waals surface area contributed by atoms with Gasteiger partial charge in [-0.25, -0.2) is 4.98 Å². The van der Waals surface area contributed by atoms with Crippen molar-refractivity contribution in [1.29, 1.82) is 0 Å². The topological polar surface area (TPSA) is 50.9 Å². The molecule has 0 fully saturated rings. The van der Waals surface area contributed by atoms with Gasteiger partial charge in [0.1, 0.15) is 11.6 Å². The summed E-state index contributed by atoms with van der Waals surface area (Å²) in [6, 6.07) is 57.4. The zero-order valence-corrected chi connectivity index (χ0v) is 36.0. The summed E-state index contributed by atoms with van der Waals surface area (Å²) in [4.78, 5) is 10.5. The van der Waals surface area contributed by atoms with Gasteiger partial charge in [0.2, 0.25) is 0 Å². The Kier molecular flexibility index (Phi) is 9.92. The molecule has 0 aliphatic rings. The fraction of sp³-hybridized carbons (Fsp3) is 0.158. The summed E-state index contributed by atoms with van der Waals surface area (Å²) in [6.45, 7) is 14.6. The van der Waals surface area contributed by atoms with Crippen molar-refractivity contribution in [1.82, 2.24) is 14.5 Å². The zero-order valence-electron chi connectivity index (χ0n) is 37.0. The molecule has 0 saturated carbocycles. The van der Waals surface area contributed by atoms with Crippen LogP contribution in [0.15, 0.2) is 170 Å². The molecule has 7 aromatic carbocycles. The number of phenolic OH excluding ortho intramolecular Hbond substituents is 1. The van der Waals surface area contributed by atoms with Gasteiger partial charge in [0.05, 0.1) is 22.3 Å². The first-order chi connectivity index (χ1) is 29.7. The maximum absolute atomic E-state index is 11.8. The van der Waals surface area contributed by atoms with Crippen molar-refractivity contribution in [2.24, 2.45) is 0 Å². The highest BCUT2D eigenvalue weighted by molar-refractivity contribution is 5.98. The third-order valence-electron chi connectivity index (χ3n) is 11.7. The van der Waals surface area contributed by atoms with Crippen LogP contribution in [0, 0.1) is 13.8 Å². The van der Waals surface area contributed by atoms with Crippen molar-refractivity contribution in [3.8, 4) is 78.6 Å². The molecule has 9 aromatic rings. The molecule has 61 heavy (non-hydrogen) atoms. The Labute approximate surface area is 361 Å². The molecular weight excluding hydrogens is 743 g/mol. The average Bonchev–Trinajstić information content (AvgIpc) is 3.67. The van der Waals surface area contributed by atoms with Crippen molar-refractivity contribution in [2.75, 3.05) is 0 Å². The first-order valence-corrected chi connectivity index (χ1v) is 21.0. The Balaban J connectivity index is 1.29. The zero-order chi connectivity index (χ0) is 43.3. The Morgan fingerprint density at radius 2 is 1.21 bits per heavy atom. The molecule has 1 N–H and O–H groups in total. The van der Waals surface area contributed by atoms with Gasteiger partial charge in [-0.3, -0.25) is 9.55 Å². The van der Waals surface area contributed by atoms with E-state index in [9.17, 15) is 5.11 Å². The molecule has 2 heterocycles. The first kappa shape index (κ1) is 38.2. The minimum absolute atomic E-state index is 0.134. The lowest BCUT2D eigenvalue weighted by molar-refractivity contribution is 0.472. The van der Waals surface area contributed by atoms with Gasteiger partial charge in [-0.2, -0.15) is 0 Å². The van der Waals surface area contributed by atoms with E-state index in [-0.39, 0.29) is 11.2 Å². The lowest BCUT2D eigenvalue weighted by Crippen LogP contribution is -2.12. The molecule has 0 unspecified atom stereocenters. The highest BCUT2D eigenvalue weighted by atomic mass is 16.3. The van der Waals surface area contributed by atoms with Gasteiger partial charge in [-0.15, -0.1) is 0 Å². The Morgan fingerprint density at radius 3 is 1.89 bits per heavy atom. The minimum Gasteiger partial charge on any atom is -0.507 e. The molecule has 300 valence electrons. The molecule has 4 heteroatoms. The summed E-state index contributed by atoms with van der Waals surface area (Å²) in [5.74, 6) is 0.230. The van der Waals surface area contributed by atoms with E-state index < -0.39 is 5.89 Å². The van der Waals surface area contributed by atoms with Crippen LogP contribution in [0.1, 0.15) is 64.1 Å². The molecule has 0 atom stereocenters.